The van der Waals surface area contributed by atoms with Crippen molar-refractivity contribution in [1.29, 1.82) is 0 Å². The monoisotopic (exact) mass is 375 g/mol. The van der Waals surface area contributed by atoms with Crippen molar-refractivity contribution >= 4 is 47.4 Å². The Balaban J connectivity index is 0.00000288. The SMILES string of the molecule is COc1ccc(NC(=O)CSCC(=O)N2CCOCC2)cc1N.Cl. The lowest BCUT2D eigenvalue weighted by molar-refractivity contribution is -0.132. The molecule has 0 aromatic heterocycles. The number of nitrogens with zero attached hydrogens (tertiary/aromatic N) is 1. The smallest absolute Gasteiger partial charge is 0.234 e. The van der Waals surface area contributed by atoms with Gasteiger partial charge in [-0.15, -0.1) is 24.2 Å². The minimum Gasteiger partial charge on any atom is -0.495 e. The zero-order valence-electron chi connectivity index (χ0n) is 13.4. The van der Waals surface area contributed by atoms with Gasteiger partial charge in [-0.2, -0.15) is 0 Å². The van der Waals surface area contributed by atoms with E-state index in [9.17, 15) is 9.59 Å². The normalized spacial score (nSPS) is 13.8. The Morgan fingerprint density at radius 2 is 2.04 bits per heavy atom. The summed E-state index contributed by atoms with van der Waals surface area (Å²) >= 11 is 1.29. The molecule has 7 nitrogen and oxygen atoms in total. The van der Waals surface area contributed by atoms with E-state index >= 15 is 0 Å². The molecular formula is C15H22ClN3O4S. The first kappa shape index (κ1) is 20.4. The molecule has 0 radical (unpaired) electrons. The van der Waals surface area contributed by atoms with Crippen molar-refractivity contribution in [2.24, 2.45) is 0 Å². The summed E-state index contributed by atoms with van der Waals surface area (Å²) in [5.74, 6) is 0.933. The van der Waals surface area contributed by atoms with Gasteiger partial charge in [0.15, 0.2) is 0 Å². The highest BCUT2D eigenvalue weighted by Gasteiger charge is 2.17. The molecule has 0 spiro atoms. The number of hydrogen-bond donors (Lipinski definition) is 2. The molecule has 0 bridgehead atoms. The van der Waals surface area contributed by atoms with Crippen LogP contribution in [-0.4, -0.2) is 61.6 Å². The quantitative estimate of drug-likeness (QED) is 0.726. The predicted molar refractivity (Wildman–Crippen MR) is 98.0 cm³/mol. The van der Waals surface area contributed by atoms with E-state index in [0.29, 0.717) is 43.4 Å². The number of carbonyl (C=O) groups excluding carboxylic acids is 2. The predicted octanol–water partition coefficient (Wildman–Crippen LogP) is 1.23. The summed E-state index contributed by atoms with van der Waals surface area (Å²) in [6.45, 7) is 2.40. The topological polar surface area (TPSA) is 93.9 Å². The van der Waals surface area contributed by atoms with Crippen molar-refractivity contribution in [2.75, 3.05) is 56.0 Å². The van der Waals surface area contributed by atoms with E-state index in [-0.39, 0.29) is 35.7 Å². The molecule has 1 aliphatic rings. The molecule has 0 unspecified atom stereocenters. The third-order valence-corrected chi connectivity index (χ3v) is 4.25. The van der Waals surface area contributed by atoms with Gasteiger partial charge < -0.3 is 25.4 Å². The van der Waals surface area contributed by atoms with Crippen LogP contribution in [0.25, 0.3) is 0 Å². The number of anilines is 2. The van der Waals surface area contributed by atoms with E-state index in [1.54, 1.807) is 23.1 Å². The number of ether oxygens (including phenoxy) is 2. The van der Waals surface area contributed by atoms with E-state index in [1.807, 2.05) is 0 Å². The summed E-state index contributed by atoms with van der Waals surface area (Å²) in [5.41, 5.74) is 6.85. The number of carbonyl (C=O) groups is 2. The maximum atomic E-state index is 11.9. The summed E-state index contributed by atoms with van der Waals surface area (Å²) in [5, 5.41) is 2.75. The highest BCUT2D eigenvalue weighted by molar-refractivity contribution is 8.00. The Bertz CT molecular complexity index is 568. The van der Waals surface area contributed by atoms with Gasteiger partial charge in [0.25, 0.3) is 0 Å². The number of halogens is 1. The van der Waals surface area contributed by atoms with Gasteiger partial charge in [0.1, 0.15) is 5.75 Å². The van der Waals surface area contributed by atoms with Gasteiger partial charge in [0, 0.05) is 18.8 Å². The van der Waals surface area contributed by atoms with Crippen molar-refractivity contribution in [2.45, 2.75) is 0 Å². The number of nitrogens with two attached hydrogens (primary N) is 1. The minimum atomic E-state index is -0.172. The number of nitrogen functional groups attached to an aromatic ring is 1. The summed E-state index contributed by atoms with van der Waals surface area (Å²) in [6.07, 6.45) is 0. The first-order chi connectivity index (χ1) is 11.1. The standard InChI is InChI=1S/C15H21N3O4S.ClH/c1-21-13-3-2-11(8-12(13)16)17-14(19)9-23-10-15(20)18-4-6-22-7-5-18;/h2-3,8H,4-7,9-10,16H2,1H3,(H,17,19);1H. The fourth-order valence-corrected chi connectivity index (χ4v) is 2.86. The van der Waals surface area contributed by atoms with Crippen molar-refractivity contribution in [3.63, 3.8) is 0 Å². The number of thioether (sulfide) groups is 1. The molecule has 0 aliphatic carbocycles. The second kappa shape index (κ2) is 10.3. The lowest BCUT2D eigenvalue weighted by Gasteiger charge is -2.26. The summed E-state index contributed by atoms with van der Waals surface area (Å²) in [7, 11) is 1.53. The fraction of sp³-hybridized carbons (Fsp3) is 0.467. The van der Waals surface area contributed by atoms with Crippen LogP contribution in [0.4, 0.5) is 11.4 Å². The average Bonchev–Trinajstić information content (AvgIpc) is 2.55. The third-order valence-electron chi connectivity index (χ3n) is 3.34. The van der Waals surface area contributed by atoms with Gasteiger partial charge in [-0.3, -0.25) is 9.59 Å². The number of benzene rings is 1. The van der Waals surface area contributed by atoms with Gasteiger partial charge in [0.05, 0.1) is 37.5 Å². The Hall–Kier alpha value is -1.64. The number of nitrogens with one attached hydrogen (secondary N) is 1. The number of hydrogen-bond acceptors (Lipinski definition) is 6. The molecule has 1 aromatic carbocycles. The van der Waals surface area contributed by atoms with E-state index in [2.05, 4.69) is 5.32 Å². The molecule has 1 fully saturated rings. The van der Waals surface area contributed by atoms with Crippen LogP contribution >= 0.6 is 24.2 Å². The molecule has 0 saturated carbocycles. The van der Waals surface area contributed by atoms with E-state index < -0.39 is 0 Å². The van der Waals surface area contributed by atoms with Crippen LogP contribution in [0.3, 0.4) is 0 Å². The van der Waals surface area contributed by atoms with Crippen molar-refractivity contribution < 1.29 is 19.1 Å². The van der Waals surface area contributed by atoms with Crippen LogP contribution in [0.15, 0.2) is 18.2 Å². The molecule has 1 heterocycles. The van der Waals surface area contributed by atoms with Crippen LogP contribution in [0.2, 0.25) is 0 Å². The Morgan fingerprint density at radius 1 is 1.33 bits per heavy atom. The average molecular weight is 376 g/mol. The molecule has 2 amide bonds. The molecule has 3 N–H and O–H groups in total. The highest BCUT2D eigenvalue weighted by Crippen LogP contribution is 2.24. The van der Waals surface area contributed by atoms with E-state index in [0.717, 1.165) is 0 Å². The Kier molecular flexibility index (Phi) is 8.73. The molecule has 1 aromatic rings. The summed E-state index contributed by atoms with van der Waals surface area (Å²) in [4.78, 5) is 25.6. The summed E-state index contributed by atoms with van der Waals surface area (Å²) < 4.78 is 10.3. The van der Waals surface area contributed by atoms with Crippen molar-refractivity contribution in [1.82, 2.24) is 4.90 Å². The van der Waals surface area contributed by atoms with Crippen LogP contribution < -0.4 is 15.8 Å². The number of methoxy groups -OCH3 is 1. The molecule has 9 heteroatoms. The second-order valence-electron chi connectivity index (χ2n) is 4.99. The maximum absolute atomic E-state index is 11.9. The second-order valence-corrected chi connectivity index (χ2v) is 5.98. The van der Waals surface area contributed by atoms with Gasteiger partial charge in [-0.25, -0.2) is 0 Å². The zero-order chi connectivity index (χ0) is 16.7. The lowest BCUT2D eigenvalue weighted by Crippen LogP contribution is -2.41. The molecule has 2 rings (SSSR count). The summed E-state index contributed by atoms with van der Waals surface area (Å²) in [6, 6.07) is 5.05. The molecular weight excluding hydrogens is 354 g/mol. The molecule has 134 valence electrons. The highest BCUT2D eigenvalue weighted by atomic mass is 35.5. The van der Waals surface area contributed by atoms with Crippen molar-refractivity contribution in [3.05, 3.63) is 18.2 Å². The number of morpholine rings is 1. The molecule has 1 aliphatic heterocycles. The van der Waals surface area contributed by atoms with E-state index in [4.69, 9.17) is 15.2 Å². The first-order valence-electron chi connectivity index (χ1n) is 7.27. The number of rotatable bonds is 6. The largest absolute Gasteiger partial charge is 0.495 e. The molecule has 24 heavy (non-hydrogen) atoms. The van der Waals surface area contributed by atoms with Crippen LogP contribution in [0.5, 0.6) is 5.75 Å². The van der Waals surface area contributed by atoms with Crippen LogP contribution in [0, 0.1) is 0 Å². The molecule has 1 saturated heterocycles. The molecule has 0 atom stereocenters. The van der Waals surface area contributed by atoms with Crippen LogP contribution in [-0.2, 0) is 14.3 Å². The lowest BCUT2D eigenvalue weighted by atomic mass is 10.2. The Morgan fingerprint density at radius 3 is 2.67 bits per heavy atom. The third kappa shape index (κ3) is 6.10. The first-order valence-corrected chi connectivity index (χ1v) is 8.42. The maximum Gasteiger partial charge on any atom is 0.234 e. The van der Waals surface area contributed by atoms with Gasteiger partial charge in [0.2, 0.25) is 11.8 Å². The van der Waals surface area contributed by atoms with Gasteiger partial charge in [-0.05, 0) is 18.2 Å². The van der Waals surface area contributed by atoms with Crippen LogP contribution in [0.1, 0.15) is 0 Å². The van der Waals surface area contributed by atoms with Gasteiger partial charge >= 0.3 is 0 Å². The van der Waals surface area contributed by atoms with E-state index in [1.165, 1.54) is 18.9 Å². The fourth-order valence-electron chi connectivity index (χ4n) is 2.14. The zero-order valence-corrected chi connectivity index (χ0v) is 15.1. The Labute approximate surface area is 151 Å². The minimum absolute atomic E-state index is 0. The van der Waals surface area contributed by atoms with Gasteiger partial charge in [-0.1, -0.05) is 0 Å². The van der Waals surface area contributed by atoms with Crippen molar-refractivity contribution in [3.8, 4) is 5.75 Å². The number of amides is 2.